The van der Waals surface area contributed by atoms with Gasteiger partial charge in [0.1, 0.15) is 19.8 Å². The van der Waals surface area contributed by atoms with Gasteiger partial charge in [-0.1, -0.05) is 207 Å². The molecule has 0 radical (unpaired) electrons. The number of hydrogen-bond donors (Lipinski definition) is 0. The molecule has 2 unspecified atom stereocenters. The van der Waals surface area contributed by atoms with Crippen LogP contribution < -0.4 is 4.89 Å². The fourth-order valence-corrected chi connectivity index (χ4v) is 8.01. The highest BCUT2D eigenvalue weighted by molar-refractivity contribution is 7.45. The second kappa shape index (κ2) is 50.9. The predicted molar refractivity (Wildman–Crippen MR) is 295 cm³/mol. The molecule has 402 valence electrons. The van der Waals surface area contributed by atoms with E-state index in [2.05, 4.69) is 111 Å². The zero-order valence-corrected chi connectivity index (χ0v) is 46.3. The van der Waals surface area contributed by atoms with Gasteiger partial charge < -0.3 is 27.9 Å². The largest absolute Gasteiger partial charge is 0.756 e. The Bertz CT molecular complexity index is 1500. The minimum absolute atomic E-state index is 0.0443. The van der Waals surface area contributed by atoms with Crippen molar-refractivity contribution < 1.29 is 42.1 Å². The van der Waals surface area contributed by atoms with Gasteiger partial charge in [0, 0.05) is 12.8 Å². The van der Waals surface area contributed by atoms with Crippen LogP contribution in [0.4, 0.5) is 0 Å². The number of quaternary nitrogens is 1. The van der Waals surface area contributed by atoms with Crippen LogP contribution in [0.5, 0.6) is 0 Å². The summed E-state index contributed by atoms with van der Waals surface area (Å²) in [6, 6.07) is 0. The smallest absolute Gasteiger partial charge is 0.306 e. The van der Waals surface area contributed by atoms with Crippen LogP contribution in [0, 0.1) is 0 Å². The van der Waals surface area contributed by atoms with Crippen LogP contribution in [-0.2, 0) is 32.7 Å². The first kappa shape index (κ1) is 66.9. The van der Waals surface area contributed by atoms with E-state index < -0.39 is 32.5 Å². The fourth-order valence-electron chi connectivity index (χ4n) is 7.28. The van der Waals surface area contributed by atoms with Gasteiger partial charge in [-0.2, -0.15) is 0 Å². The number of esters is 2. The molecule has 0 aliphatic rings. The minimum atomic E-state index is -4.65. The number of phosphoric acid groups is 1. The van der Waals surface area contributed by atoms with Crippen molar-refractivity contribution in [3.63, 3.8) is 0 Å². The average Bonchev–Trinajstić information content (AvgIpc) is 3.32. The molecule has 0 aromatic rings. The Morgan fingerprint density at radius 2 is 0.814 bits per heavy atom. The molecule has 0 aromatic carbocycles. The molecule has 0 fully saturated rings. The summed E-state index contributed by atoms with van der Waals surface area (Å²) < 4.78 is 34.1. The monoisotopic (exact) mass is 998 g/mol. The minimum Gasteiger partial charge on any atom is -0.756 e. The Morgan fingerprint density at radius 3 is 1.24 bits per heavy atom. The van der Waals surface area contributed by atoms with Crippen molar-refractivity contribution in [3.05, 3.63) is 97.2 Å². The summed E-state index contributed by atoms with van der Waals surface area (Å²) in [5, 5.41) is 0. The number of nitrogens with zero attached hydrogens (tertiary/aromatic N) is 1. The van der Waals surface area contributed by atoms with Crippen molar-refractivity contribution in [1.29, 1.82) is 0 Å². The van der Waals surface area contributed by atoms with Crippen molar-refractivity contribution in [2.45, 2.75) is 225 Å². The first-order valence-electron chi connectivity index (χ1n) is 27.9. The zero-order valence-electron chi connectivity index (χ0n) is 45.4. The quantitative estimate of drug-likeness (QED) is 0.0195. The van der Waals surface area contributed by atoms with E-state index in [1.54, 1.807) is 0 Å². The molecule has 0 aliphatic heterocycles. The van der Waals surface area contributed by atoms with E-state index in [4.69, 9.17) is 18.5 Å². The number of hydrogen-bond acceptors (Lipinski definition) is 8. The van der Waals surface area contributed by atoms with Crippen molar-refractivity contribution in [3.8, 4) is 0 Å². The lowest BCUT2D eigenvalue weighted by atomic mass is 10.0. The highest BCUT2D eigenvalue weighted by Gasteiger charge is 2.21. The van der Waals surface area contributed by atoms with Crippen LogP contribution in [0.3, 0.4) is 0 Å². The third-order valence-electron chi connectivity index (χ3n) is 11.6. The van der Waals surface area contributed by atoms with E-state index in [0.29, 0.717) is 17.4 Å². The standard InChI is InChI=1S/C60H104NO8P/c1-6-8-10-12-14-16-18-20-22-24-26-28-29-30-31-33-34-36-38-40-42-44-46-48-50-52-59(62)66-56-58(57-68-70(64,65)67-55-54-61(3,4)5)69-60(63)53-51-49-47-45-43-41-39-37-35-32-27-25-23-21-19-17-15-13-11-9-7-2/h9,11,15,17-18,20-21,23-24,26-27,32,37,39,43,45,58H,6-8,10,12-14,16,19,22,25,28-31,33-36,38,40-42,44,46-57H2,1-5H3/b11-9-,17-15-,20-18-,23-21-,26-24-,32-27-,39-37-,45-43-. The number of allylic oxidation sites excluding steroid dienone is 16. The van der Waals surface area contributed by atoms with Gasteiger partial charge in [0.2, 0.25) is 0 Å². The summed E-state index contributed by atoms with van der Waals surface area (Å²) in [6.45, 7) is 4.06. The lowest BCUT2D eigenvalue weighted by molar-refractivity contribution is -0.870. The second-order valence-electron chi connectivity index (χ2n) is 19.6. The topological polar surface area (TPSA) is 111 Å². The Hall–Kier alpha value is -3.07. The molecule has 0 spiro atoms. The number of phosphoric ester groups is 1. The maximum absolute atomic E-state index is 12.8. The van der Waals surface area contributed by atoms with Crippen LogP contribution in [0.2, 0.25) is 0 Å². The fraction of sp³-hybridized carbons (Fsp3) is 0.700. The number of rotatable bonds is 50. The Kier molecular flexibility index (Phi) is 48.6. The Balaban J connectivity index is 4.27. The Morgan fingerprint density at radius 1 is 0.457 bits per heavy atom. The lowest BCUT2D eigenvalue weighted by Crippen LogP contribution is -2.37. The summed E-state index contributed by atoms with van der Waals surface area (Å²) >= 11 is 0. The van der Waals surface area contributed by atoms with Crippen LogP contribution in [0.1, 0.15) is 219 Å². The van der Waals surface area contributed by atoms with Gasteiger partial charge in [0.25, 0.3) is 7.82 Å². The Labute approximate surface area is 430 Å². The maximum atomic E-state index is 12.8. The molecule has 0 saturated heterocycles. The van der Waals surface area contributed by atoms with Crippen LogP contribution in [0.25, 0.3) is 0 Å². The van der Waals surface area contributed by atoms with Gasteiger partial charge in [-0.05, 0) is 96.3 Å². The summed E-state index contributed by atoms with van der Waals surface area (Å²) in [5.74, 6) is -0.889. The maximum Gasteiger partial charge on any atom is 0.306 e. The molecule has 0 heterocycles. The van der Waals surface area contributed by atoms with E-state index in [1.165, 1.54) is 109 Å². The number of likely N-dealkylation sites (N-methyl/N-ethyl adjacent to an activating group) is 1. The number of unbranched alkanes of at least 4 members (excludes halogenated alkanes) is 20. The van der Waals surface area contributed by atoms with Gasteiger partial charge in [0.15, 0.2) is 6.10 Å². The first-order chi connectivity index (χ1) is 34.0. The summed E-state index contributed by atoms with van der Waals surface area (Å²) in [7, 11) is 1.12. The number of carbonyl (C=O) groups excluding carboxylic acids is 2. The number of ether oxygens (including phenoxy) is 2. The highest BCUT2D eigenvalue weighted by Crippen LogP contribution is 2.38. The van der Waals surface area contributed by atoms with Crippen LogP contribution in [0.15, 0.2) is 97.2 Å². The van der Waals surface area contributed by atoms with Crippen LogP contribution in [-0.4, -0.2) is 70.0 Å². The molecule has 0 rings (SSSR count). The van der Waals surface area contributed by atoms with Gasteiger partial charge in [-0.25, -0.2) is 0 Å². The van der Waals surface area contributed by atoms with Gasteiger partial charge in [-0.3, -0.25) is 14.2 Å². The van der Waals surface area contributed by atoms with Crippen molar-refractivity contribution in [2.24, 2.45) is 0 Å². The molecule has 2 atom stereocenters. The van der Waals surface area contributed by atoms with Crippen LogP contribution >= 0.6 is 7.82 Å². The van der Waals surface area contributed by atoms with E-state index >= 15 is 0 Å². The third-order valence-corrected chi connectivity index (χ3v) is 12.6. The van der Waals surface area contributed by atoms with Gasteiger partial charge in [0.05, 0.1) is 27.7 Å². The highest BCUT2D eigenvalue weighted by atomic mass is 31.2. The van der Waals surface area contributed by atoms with Crippen molar-refractivity contribution >= 4 is 19.8 Å². The zero-order chi connectivity index (χ0) is 51.3. The van der Waals surface area contributed by atoms with E-state index in [1.807, 2.05) is 21.1 Å². The molecule has 0 amide bonds. The summed E-state index contributed by atoms with van der Waals surface area (Å²) in [5.41, 5.74) is 0. The molecular formula is C60H104NO8P. The van der Waals surface area contributed by atoms with Gasteiger partial charge in [-0.15, -0.1) is 0 Å². The number of carbonyl (C=O) groups is 2. The SMILES string of the molecule is CC/C=C\C/C=C\C/C=C\C/C=C\C/C=C\C/C=C\CCCCC(=O)OC(COC(=O)CCCCCCCCCCCCCCC/C=C\C/C=C\CCCCCCC)COP(=O)([O-])OCC[N+](C)(C)C. The molecule has 70 heavy (non-hydrogen) atoms. The van der Waals surface area contributed by atoms with E-state index in [9.17, 15) is 19.0 Å². The first-order valence-corrected chi connectivity index (χ1v) is 29.4. The van der Waals surface area contributed by atoms with Gasteiger partial charge >= 0.3 is 11.9 Å². The molecule has 0 bridgehead atoms. The average molecular weight is 998 g/mol. The third kappa shape index (κ3) is 54.3. The molecule has 0 aliphatic carbocycles. The predicted octanol–water partition coefficient (Wildman–Crippen LogP) is 16.6. The second-order valence-corrected chi connectivity index (χ2v) is 21.0. The summed E-state index contributed by atoms with van der Waals surface area (Å²) in [4.78, 5) is 37.8. The van der Waals surface area contributed by atoms with E-state index in [0.717, 1.165) is 77.0 Å². The summed E-state index contributed by atoms with van der Waals surface area (Å²) in [6.07, 6.45) is 68.8. The molecule has 9 nitrogen and oxygen atoms in total. The van der Waals surface area contributed by atoms with Crippen molar-refractivity contribution in [2.75, 3.05) is 47.5 Å². The molecular weight excluding hydrogens is 894 g/mol. The van der Waals surface area contributed by atoms with Crippen molar-refractivity contribution in [1.82, 2.24) is 0 Å². The molecule has 0 N–H and O–H groups in total. The normalized spacial score (nSPS) is 14.1. The molecule has 10 heteroatoms. The lowest BCUT2D eigenvalue weighted by Gasteiger charge is -2.28. The molecule has 0 saturated carbocycles. The van der Waals surface area contributed by atoms with E-state index in [-0.39, 0.29) is 26.1 Å². The molecule has 0 aromatic heterocycles.